The smallest absolute Gasteiger partial charge is 0.134 e. The van der Waals surface area contributed by atoms with Crippen molar-refractivity contribution in [3.63, 3.8) is 0 Å². The number of benzene rings is 1. The van der Waals surface area contributed by atoms with Gasteiger partial charge >= 0.3 is 0 Å². The highest BCUT2D eigenvalue weighted by Gasteiger charge is 2.33. The van der Waals surface area contributed by atoms with Crippen molar-refractivity contribution in [1.29, 1.82) is 0 Å². The summed E-state index contributed by atoms with van der Waals surface area (Å²) in [5, 5.41) is 1.09. The lowest BCUT2D eigenvalue weighted by molar-refractivity contribution is 0.0849. The zero-order valence-corrected chi connectivity index (χ0v) is 14.3. The van der Waals surface area contributed by atoms with Crippen LogP contribution in [-0.4, -0.2) is 31.1 Å². The predicted molar refractivity (Wildman–Crippen MR) is 91.7 cm³/mol. The van der Waals surface area contributed by atoms with Gasteiger partial charge in [0.25, 0.3) is 0 Å². The summed E-state index contributed by atoms with van der Waals surface area (Å²) in [5.74, 6) is 1.87. The molecule has 1 atom stereocenters. The van der Waals surface area contributed by atoms with Gasteiger partial charge in [-0.25, -0.2) is 0 Å². The molecule has 1 aromatic carbocycles. The molecule has 5 heteroatoms. The Morgan fingerprint density at radius 2 is 2.14 bits per heavy atom. The fourth-order valence-corrected chi connectivity index (χ4v) is 3.12. The number of rotatable bonds is 3. The summed E-state index contributed by atoms with van der Waals surface area (Å²) in [7, 11) is 1.68. The van der Waals surface area contributed by atoms with Crippen LogP contribution in [0.1, 0.15) is 26.0 Å². The normalized spacial score (nSPS) is 21.5. The van der Waals surface area contributed by atoms with Crippen molar-refractivity contribution in [2.24, 2.45) is 11.1 Å². The molecule has 0 radical (unpaired) electrons. The van der Waals surface area contributed by atoms with E-state index in [4.69, 9.17) is 14.9 Å². The van der Waals surface area contributed by atoms with Gasteiger partial charge in [0.05, 0.1) is 13.7 Å². The summed E-state index contributed by atoms with van der Waals surface area (Å²) in [6.07, 6.45) is 1.04. The van der Waals surface area contributed by atoms with E-state index in [1.54, 1.807) is 7.11 Å². The SMILES string of the molecule is COc1ccc2oc(CN3CCC(N)C(C)(C)C3)cc2c1.Cl. The molecule has 2 heterocycles. The molecule has 0 amide bonds. The average molecular weight is 325 g/mol. The summed E-state index contributed by atoms with van der Waals surface area (Å²) in [6, 6.07) is 8.30. The van der Waals surface area contributed by atoms with E-state index in [2.05, 4.69) is 24.8 Å². The van der Waals surface area contributed by atoms with Gasteiger partial charge in [0.15, 0.2) is 0 Å². The monoisotopic (exact) mass is 324 g/mol. The Balaban J connectivity index is 0.00000176. The Morgan fingerprint density at radius 3 is 2.82 bits per heavy atom. The van der Waals surface area contributed by atoms with Gasteiger partial charge in [-0.1, -0.05) is 13.8 Å². The third-order valence-corrected chi connectivity index (χ3v) is 4.55. The molecular formula is C17H25ClN2O2. The maximum atomic E-state index is 6.20. The minimum absolute atomic E-state index is 0. The van der Waals surface area contributed by atoms with Crippen LogP contribution in [0.2, 0.25) is 0 Å². The van der Waals surface area contributed by atoms with E-state index in [1.807, 2.05) is 18.2 Å². The quantitative estimate of drug-likeness (QED) is 0.940. The standard InChI is InChI=1S/C17H24N2O2.ClH/c1-17(2)11-19(7-6-16(17)18)10-14-9-12-8-13(20-3)4-5-15(12)21-14;/h4-5,8-9,16H,6-7,10-11,18H2,1-3H3;1H. The van der Waals surface area contributed by atoms with Gasteiger partial charge in [0, 0.05) is 24.5 Å². The second-order valence-electron chi connectivity index (χ2n) is 6.71. The maximum absolute atomic E-state index is 6.20. The molecule has 0 saturated carbocycles. The molecule has 0 aliphatic carbocycles. The van der Waals surface area contributed by atoms with Crippen molar-refractivity contribution in [3.8, 4) is 5.75 Å². The molecular weight excluding hydrogens is 300 g/mol. The lowest BCUT2D eigenvalue weighted by Gasteiger charge is -2.42. The van der Waals surface area contributed by atoms with Crippen molar-refractivity contribution in [1.82, 2.24) is 4.90 Å². The molecule has 0 bridgehead atoms. The largest absolute Gasteiger partial charge is 0.497 e. The number of nitrogens with two attached hydrogens (primary N) is 1. The highest BCUT2D eigenvalue weighted by molar-refractivity contribution is 5.85. The van der Waals surface area contributed by atoms with Crippen molar-refractivity contribution in [2.45, 2.75) is 32.9 Å². The van der Waals surface area contributed by atoms with Gasteiger partial charge in [0.1, 0.15) is 17.1 Å². The van der Waals surface area contributed by atoms with Crippen molar-refractivity contribution in [2.75, 3.05) is 20.2 Å². The highest BCUT2D eigenvalue weighted by atomic mass is 35.5. The molecule has 22 heavy (non-hydrogen) atoms. The third kappa shape index (κ3) is 3.40. The number of likely N-dealkylation sites (tertiary alicyclic amines) is 1. The minimum atomic E-state index is 0. The Morgan fingerprint density at radius 1 is 1.36 bits per heavy atom. The van der Waals surface area contributed by atoms with Crippen LogP contribution in [0.5, 0.6) is 5.75 Å². The number of nitrogens with zero attached hydrogens (tertiary/aromatic N) is 1. The first-order chi connectivity index (χ1) is 9.98. The van der Waals surface area contributed by atoms with Gasteiger partial charge in [-0.15, -0.1) is 12.4 Å². The number of piperidine rings is 1. The number of fused-ring (bicyclic) bond motifs is 1. The van der Waals surface area contributed by atoms with E-state index in [0.29, 0.717) is 0 Å². The van der Waals surface area contributed by atoms with Gasteiger partial charge in [-0.3, -0.25) is 4.90 Å². The first-order valence-electron chi connectivity index (χ1n) is 7.52. The van der Waals surface area contributed by atoms with E-state index in [-0.39, 0.29) is 23.9 Å². The number of furan rings is 1. The van der Waals surface area contributed by atoms with Crippen LogP contribution in [0.3, 0.4) is 0 Å². The number of ether oxygens (including phenoxy) is 1. The van der Waals surface area contributed by atoms with Crippen molar-refractivity contribution in [3.05, 3.63) is 30.0 Å². The first-order valence-corrected chi connectivity index (χ1v) is 7.52. The van der Waals surface area contributed by atoms with Crippen LogP contribution in [-0.2, 0) is 6.54 Å². The number of halogens is 1. The number of hydrogen-bond acceptors (Lipinski definition) is 4. The summed E-state index contributed by atoms with van der Waals surface area (Å²) in [6.45, 7) is 7.37. The molecule has 1 fully saturated rings. The highest BCUT2D eigenvalue weighted by Crippen LogP contribution is 2.30. The molecule has 1 saturated heterocycles. The average Bonchev–Trinajstić information content (AvgIpc) is 2.83. The van der Waals surface area contributed by atoms with Crippen molar-refractivity contribution < 1.29 is 9.15 Å². The van der Waals surface area contributed by atoms with Crippen LogP contribution in [0, 0.1) is 5.41 Å². The van der Waals surface area contributed by atoms with E-state index in [0.717, 1.165) is 48.5 Å². The second kappa shape index (κ2) is 6.49. The van der Waals surface area contributed by atoms with E-state index < -0.39 is 0 Å². The van der Waals surface area contributed by atoms with E-state index in [1.165, 1.54) is 0 Å². The Hall–Kier alpha value is -1.23. The fourth-order valence-electron chi connectivity index (χ4n) is 3.12. The molecule has 4 nitrogen and oxygen atoms in total. The Kier molecular flexibility index (Phi) is 5.05. The number of methoxy groups -OCH3 is 1. The minimum Gasteiger partial charge on any atom is -0.497 e. The molecule has 2 aromatic rings. The van der Waals surface area contributed by atoms with Gasteiger partial charge in [0.2, 0.25) is 0 Å². The zero-order valence-electron chi connectivity index (χ0n) is 13.5. The topological polar surface area (TPSA) is 51.6 Å². The fraction of sp³-hybridized carbons (Fsp3) is 0.529. The maximum Gasteiger partial charge on any atom is 0.134 e. The molecule has 0 spiro atoms. The van der Waals surface area contributed by atoms with Crippen LogP contribution < -0.4 is 10.5 Å². The molecule has 1 aliphatic rings. The zero-order chi connectivity index (χ0) is 15.0. The Bertz CT molecular complexity index is 639. The van der Waals surface area contributed by atoms with E-state index >= 15 is 0 Å². The van der Waals surface area contributed by atoms with Crippen LogP contribution in [0.15, 0.2) is 28.7 Å². The van der Waals surface area contributed by atoms with Crippen molar-refractivity contribution >= 4 is 23.4 Å². The molecule has 1 unspecified atom stereocenters. The van der Waals surface area contributed by atoms with Crippen LogP contribution >= 0.6 is 12.4 Å². The predicted octanol–water partition coefficient (Wildman–Crippen LogP) is 3.42. The molecule has 1 aromatic heterocycles. The third-order valence-electron chi connectivity index (χ3n) is 4.55. The molecule has 2 N–H and O–H groups in total. The van der Waals surface area contributed by atoms with Gasteiger partial charge in [-0.2, -0.15) is 0 Å². The van der Waals surface area contributed by atoms with Gasteiger partial charge < -0.3 is 14.9 Å². The summed E-state index contributed by atoms with van der Waals surface area (Å²) in [5.41, 5.74) is 7.27. The lowest BCUT2D eigenvalue weighted by atomic mass is 9.80. The first kappa shape index (κ1) is 17.1. The number of hydrogen-bond donors (Lipinski definition) is 1. The van der Waals surface area contributed by atoms with Gasteiger partial charge in [-0.05, 0) is 36.1 Å². The molecule has 122 valence electrons. The van der Waals surface area contributed by atoms with E-state index in [9.17, 15) is 0 Å². The second-order valence-corrected chi connectivity index (χ2v) is 6.71. The van der Waals surface area contributed by atoms with Crippen LogP contribution in [0.4, 0.5) is 0 Å². The summed E-state index contributed by atoms with van der Waals surface area (Å²) >= 11 is 0. The summed E-state index contributed by atoms with van der Waals surface area (Å²) in [4.78, 5) is 2.43. The molecule has 3 rings (SSSR count). The molecule has 1 aliphatic heterocycles. The van der Waals surface area contributed by atoms with Crippen LogP contribution in [0.25, 0.3) is 11.0 Å². The lowest BCUT2D eigenvalue weighted by Crippen LogP contribution is -2.51. The summed E-state index contributed by atoms with van der Waals surface area (Å²) < 4.78 is 11.2. The Labute approximate surface area is 138 Å².